The van der Waals surface area contributed by atoms with Crippen molar-refractivity contribution in [1.82, 2.24) is 10.3 Å². The van der Waals surface area contributed by atoms with Crippen molar-refractivity contribution in [3.63, 3.8) is 0 Å². The molecule has 17 heavy (non-hydrogen) atoms. The van der Waals surface area contributed by atoms with Gasteiger partial charge in [0.25, 0.3) is 5.91 Å². The summed E-state index contributed by atoms with van der Waals surface area (Å²) in [7, 11) is 0. The largest absolute Gasteiger partial charge is 0.476 e. The number of carboxylic acid groups (broad SMARTS) is 1. The number of carbonyl (C=O) groups is 2. The van der Waals surface area contributed by atoms with Gasteiger partial charge in [-0.1, -0.05) is 6.92 Å². The third-order valence-corrected chi connectivity index (χ3v) is 3.79. The Kier molecular flexibility index (Phi) is 3.42. The molecule has 1 aromatic heterocycles. The molecule has 1 aliphatic rings. The number of carbonyl (C=O) groups excluding carboxylic acids is 1. The van der Waals surface area contributed by atoms with Crippen LogP contribution in [0.25, 0.3) is 0 Å². The standard InChI is InChI=1S/C11H14N2O3S/c1-6-2-3-7(4-6)12-9(14)10-13-8(5-17-10)11(15)16/h5-7H,2-4H2,1H3,(H,12,14)(H,15,16). The van der Waals surface area contributed by atoms with Crippen LogP contribution in [0.4, 0.5) is 0 Å². The molecule has 0 bridgehead atoms. The fourth-order valence-corrected chi connectivity index (χ4v) is 2.76. The molecule has 0 spiro atoms. The van der Waals surface area contributed by atoms with E-state index in [1.165, 1.54) is 5.38 Å². The molecular weight excluding hydrogens is 240 g/mol. The molecule has 2 rings (SSSR count). The average molecular weight is 254 g/mol. The number of thiazole rings is 1. The summed E-state index contributed by atoms with van der Waals surface area (Å²) in [6.45, 7) is 2.16. The molecule has 1 fully saturated rings. The van der Waals surface area contributed by atoms with Crippen molar-refractivity contribution in [2.75, 3.05) is 0 Å². The summed E-state index contributed by atoms with van der Waals surface area (Å²) in [6.07, 6.45) is 3.11. The van der Waals surface area contributed by atoms with Crippen LogP contribution in [0.5, 0.6) is 0 Å². The fraction of sp³-hybridized carbons (Fsp3) is 0.545. The lowest BCUT2D eigenvalue weighted by Gasteiger charge is -2.10. The topological polar surface area (TPSA) is 79.3 Å². The first-order valence-electron chi connectivity index (χ1n) is 5.56. The molecule has 2 unspecified atom stereocenters. The highest BCUT2D eigenvalue weighted by atomic mass is 32.1. The van der Waals surface area contributed by atoms with Crippen LogP contribution in [0, 0.1) is 5.92 Å². The van der Waals surface area contributed by atoms with E-state index in [2.05, 4.69) is 17.2 Å². The van der Waals surface area contributed by atoms with Gasteiger partial charge in [-0.3, -0.25) is 4.79 Å². The van der Waals surface area contributed by atoms with Gasteiger partial charge in [0.2, 0.25) is 0 Å². The molecule has 5 nitrogen and oxygen atoms in total. The van der Waals surface area contributed by atoms with E-state index in [4.69, 9.17) is 5.11 Å². The van der Waals surface area contributed by atoms with E-state index >= 15 is 0 Å². The number of aromatic nitrogens is 1. The lowest BCUT2D eigenvalue weighted by molar-refractivity contribution is 0.0691. The van der Waals surface area contributed by atoms with Gasteiger partial charge in [-0.15, -0.1) is 11.3 Å². The summed E-state index contributed by atoms with van der Waals surface area (Å²) in [5, 5.41) is 13.2. The quantitative estimate of drug-likeness (QED) is 0.861. The Balaban J connectivity index is 1.97. The minimum Gasteiger partial charge on any atom is -0.476 e. The number of carboxylic acids is 1. The maximum absolute atomic E-state index is 11.8. The van der Waals surface area contributed by atoms with Crippen molar-refractivity contribution in [3.05, 3.63) is 16.1 Å². The smallest absolute Gasteiger partial charge is 0.355 e. The highest BCUT2D eigenvalue weighted by molar-refractivity contribution is 7.11. The molecule has 0 saturated heterocycles. The number of rotatable bonds is 3. The zero-order valence-corrected chi connectivity index (χ0v) is 10.3. The van der Waals surface area contributed by atoms with Gasteiger partial charge in [-0.25, -0.2) is 9.78 Å². The minimum atomic E-state index is -1.10. The fourth-order valence-electron chi connectivity index (χ4n) is 2.06. The summed E-state index contributed by atoms with van der Waals surface area (Å²) < 4.78 is 0. The number of amides is 1. The zero-order chi connectivity index (χ0) is 12.4. The number of nitrogens with one attached hydrogen (secondary N) is 1. The molecule has 92 valence electrons. The minimum absolute atomic E-state index is 0.0695. The lowest BCUT2D eigenvalue weighted by atomic mass is 10.1. The van der Waals surface area contributed by atoms with E-state index in [-0.39, 0.29) is 22.7 Å². The first-order chi connectivity index (χ1) is 8.06. The van der Waals surface area contributed by atoms with Gasteiger partial charge in [0, 0.05) is 11.4 Å². The Morgan fingerprint density at radius 3 is 2.82 bits per heavy atom. The summed E-state index contributed by atoms with van der Waals surface area (Å²) in [6, 6.07) is 0.203. The molecule has 0 aliphatic heterocycles. The number of aromatic carboxylic acids is 1. The molecule has 0 aromatic carbocycles. The van der Waals surface area contributed by atoms with Gasteiger partial charge in [0.05, 0.1) is 0 Å². The maximum atomic E-state index is 11.8. The van der Waals surface area contributed by atoms with E-state index in [0.717, 1.165) is 30.6 Å². The van der Waals surface area contributed by atoms with E-state index < -0.39 is 5.97 Å². The summed E-state index contributed by atoms with van der Waals surface area (Å²) >= 11 is 1.07. The molecule has 1 saturated carbocycles. The van der Waals surface area contributed by atoms with Crippen molar-refractivity contribution < 1.29 is 14.7 Å². The normalized spacial score (nSPS) is 23.6. The molecule has 2 N–H and O–H groups in total. The van der Waals surface area contributed by atoms with E-state index in [0.29, 0.717) is 5.92 Å². The highest BCUT2D eigenvalue weighted by Crippen LogP contribution is 2.25. The third-order valence-electron chi connectivity index (χ3n) is 2.95. The second kappa shape index (κ2) is 4.83. The van der Waals surface area contributed by atoms with Crippen molar-refractivity contribution in [2.45, 2.75) is 32.2 Å². The molecule has 0 radical (unpaired) electrons. The van der Waals surface area contributed by atoms with Gasteiger partial charge < -0.3 is 10.4 Å². The van der Waals surface area contributed by atoms with Crippen LogP contribution in [0.1, 0.15) is 46.5 Å². The second-order valence-electron chi connectivity index (χ2n) is 4.43. The predicted molar refractivity (Wildman–Crippen MR) is 63.3 cm³/mol. The SMILES string of the molecule is CC1CCC(NC(=O)c2nc(C(=O)O)cs2)C1. The number of hydrogen-bond donors (Lipinski definition) is 2. The first-order valence-corrected chi connectivity index (χ1v) is 6.44. The van der Waals surface area contributed by atoms with Crippen LogP contribution in [-0.2, 0) is 0 Å². The first kappa shape index (κ1) is 12.0. The molecule has 1 heterocycles. The summed E-state index contributed by atoms with van der Waals surface area (Å²) in [4.78, 5) is 26.2. The second-order valence-corrected chi connectivity index (χ2v) is 5.29. The zero-order valence-electron chi connectivity index (χ0n) is 9.47. The molecule has 2 atom stereocenters. The van der Waals surface area contributed by atoms with Gasteiger partial charge >= 0.3 is 5.97 Å². The molecular formula is C11H14N2O3S. The Morgan fingerprint density at radius 2 is 2.29 bits per heavy atom. The van der Waals surface area contributed by atoms with Crippen LogP contribution in [0.3, 0.4) is 0 Å². The third kappa shape index (κ3) is 2.82. The van der Waals surface area contributed by atoms with Crippen molar-refractivity contribution in [2.24, 2.45) is 5.92 Å². The molecule has 1 aromatic rings. The van der Waals surface area contributed by atoms with Crippen molar-refractivity contribution in [1.29, 1.82) is 0 Å². The van der Waals surface area contributed by atoms with Gasteiger partial charge in [0.15, 0.2) is 10.7 Å². The van der Waals surface area contributed by atoms with Crippen molar-refractivity contribution >= 4 is 23.2 Å². The Bertz CT molecular complexity index is 444. The van der Waals surface area contributed by atoms with E-state index in [1.54, 1.807) is 0 Å². The van der Waals surface area contributed by atoms with Crippen LogP contribution in [0.2, 0.25) is 0 Å². The van der Waals surface area contributed by atoms with Gasteiger partial charge in [-0.2, -0.15) is 0 Å². The lowest BCUT2D eigenvalue weighted by Crippen LogP contribution is -2.32. The summed E-state index contributed by atoms with van der Waals surface area (Å²) in [5.41, 5.74) is -0.0695. The average Bonchev–Trinajstić information content (AvgIpc) is 2.86. The molecule has 6 heteroatoms. The number of nitrogens with zero attached hydrogens (tertiary/aromatic N) is 1. The van der Waals surface area contributed by atoms with Crippen LogP contribution in [-0.4, -0.2) is 28.0 Å². The van der Waals surface area contributed by atoms with Crippen LogP contribution < -0.4 is 5.32 Å². The van der Waals surface area contributed by atoms with Crippen LogP contribution >= 0.6 is 11.3 Å². The summed E-state index contributed by atoms with van der Waals surface area (Å²) in [5.74, 6) is -0.720. The highest BCUT2D eigenvalue weighted by Gasteiger charge is 2.24. The monoisotopic (exact) mass is 254 g/mol. The predicted octanol–water partition coefficient (Wildman–Crippen LogP) is 1.76. The van der Waals surface area contributed by atoms with Crippen LogP contribution in [0.15, 0.2) is 5.38 Å². The van der Waals surface area contributed by atoms with E-state index in [9.17, 15) is 9.59 Å². The molecule has 1 aliphatic carbocycles. The van der Waals surface area contributed by atoms with Crippen molar-refractivity contribution in [3.8, 4) is 0 Å². The Labute approximate surface area is 103 Å². The van der Waals surface area contributed by atoms with E-state index in [1.807, 2.05) is 0 Å². The number of hydrogen-bond acceptors (Lipinski definition) is 4. The Hall–Kier alpha value is -1.43. The maximum Gasteiger partial charge on any atom is 0.355 e. The molecule has 1 amide bonds. The Morgan fingerprint density at radius 1 is 1.53 bits per heavy atom. The van der Waals surface area contributed by atoms with Gasteiger partial charge in [-0.05, 0) is 25.2 Å². The van der Waals surface area contributed by atoms with Gasteiger partial charge in [0.1, 0.15) is 0 Å².